The molecule has 1 heterocycles. The molecule has 1 saturated heterocycles. The van der Waals surface area contributed by atoms with Gasteiger partial charge < -0.3 is 14.5 Å². The number of anilines is 2. The summed E-state index contributed by atoms with van der Waals surface area (Å²) in [5.74, 6) is -0.471. The van der Waals surface area contributed by atoms with Crippen LogP contribution in [0.15, 0.2) is 53.4 Å². The standard InChI is InChI=1S/C21H27N3O4S/c1-3-23-13-15-24(16-14-23)20-8-6-5-7-19(20)22-29(26,27)18-11-9-17(10-12-18)21(25)28-4-2/h5-12,22H,3-4,13-16H2,1-2H3. The van der Waals surface area contributed by atoms with Crippen LogP contribution in [0.2, 0.25) is 0 Å². The van der Waals surface area contributed by atoms with Crippen LogP contribution in [0.1, 0.15) is 24.2 Å². The predicted molar refractivity (Wildman–Crippen MR) is 114 cm³/mol. The Kier molecular flexibility index (Phi) is 6.76. The van der Waals surface area contributed by atoms with Crippen molar-refractivity contribution in [1.29, 1.82) is 0 Å². The number of hydrogen-bond acceptors (Lipinski definition) is 6. The molecular formula is C21H27N3O4S. The predicted octanol–water partition coefficient (Wildman–Crippen LogP) is 2.81. The molecule has 0 amide bonds. The maximum atomic E-state index is 12.9. The number of nitrogens with zero attached hydrogens (tertiary/aromatic N) is 2. The molecule has 0 atom stereocenters. The number of hydrogen-bond donors (Lipinski definition) is 1. The van der Waals surface area contributed by atoms with E-state index in [9.17, 15) is 13.2 Å². The van der Waals surface area contributed by atoms with E-state index in [1.54, 1.807) is 13.0 Å². The van der Waals surface area contributed by atoms with Crippen LogP contribution in [0.25, 0.3) is 0 Å². The number of benzene rings is 2. The number of nitrogens with one attached hydrogen (secondary N) is 1. The van der Waals surface area contributed by atoms with Crippen LogP contribution in [-0.4, -0.2) is 58.6 Å². The number of piperazine rings is 1. The summed E-state index contributed by atoms with van der Waals surface area (Å²) in [7, 11) is -3.78. The van der Waals surface area contributed by atoms with Crippen molar-refractivity contribution >= 4 is 27.4 Å². The molecule has 156 valence electrons. The van der Waals surface area contributed by atoms with Crippen molar-refractivity contribution in [1.82, 2.24) is 4.90 Å². The van der Waals surface area contributed by atoms with E-state index in [1.165, 1.54) is 24.3 Å². The van der Waals surface area contributed by atoms with Gasteiger partial charge in [-0.05, 0) is 49.9 Å². The Labute approximate surface area is 172 Å². The zero-order chi connectivity index (χ0) is 20.9. The summed E-state index contributed by atoms with van der Waals surface area (Å²) in [4.78, 5) is 16.4. The summed E-state index contributed by atoms with van der Waals surface area (Å²) in [6.07, 6.45) is 0. The molecule has 8 heteroatoms. The van der Waals surface area contributed by atoms with Crippen molar-refractivity contribution in [2.75, 3.05) is 49.0 Å². The van der Waals surface area contributed by atoms with Crippen molar-refractivity contribution in [2.45, 2.75) is 18.7 Å². The minimum Gasteiger partial charge on any atom is -0.462 e. The summed E-state index contributed by atoms with van der Waals surface area (Å²) in [6.45, 7) is 8.75. The number of para-hydroxylation sites is 2. The quantitative estimate of drug-likeness (QED) is 0.698. The molecule has 0 saturated carbocycles. The van der Waals surface area contributed by atoms with Crippen molar-refractivity contribution in [3.63, 3.8) is 0 Å². The molecular weight excluding hydrogens is 390 g/mol. The summed E-state index contributed by atoms with van der Waals surface area (Å²) in [6, 6.07) is 13.2. The van der Waals surface area contributed by atoms with Crippen LogP contribution < -0.4 is 9.62 Å². The van der Waals surface area contributed by atoms with Crippen LogP contribution in [0.3, 0.4) is 0 Å². The topological polar surface area (TPSA) is 78.9 Å². The van der Waals surface area contributed by atoms with E-state index in [4.69, 9.17) is 4.74 Å². The Hall–Kier alpha value is -2.58. The molecule has 0 aliphatic carbocycles. The zero-order valence-corrected chi connectivity index (χ0v) is 17.6. The van der Waals surface area contributed by atoms with Crippen LogP contribution >= 0.6 is 0 Å². The van der Waals surface area contributed by atoms with E-state index >= 15 is 0 Å². The Morgan fingerprint density at radius 1 is 1.00 bits per heavy atom. The van der Waals surface area contributed by atoms with Gasteiger partial charge >= 0.3 is 5.97 Å². The smallest absolute Gasteiger partial charge is 0.338 e. The fourth-order valence-electron chi connectivity index (χ4n) is 3.33. The van der Waals surface area contributed by atoms with Crippen molar-refractivity contribution in [3.05, 3.63) is 54.1 Å². The molecule has 0 spiro atoms. The molecule has 29 heavy (non-hydrogen) atoms. The molecule has 0 unspecified atom stereocenters. The van der Waals surface area contributed by atoms with Crippen LogP contribution in [0.4, 0.5) is 11.4 Å². The molecule has 1 aliphatic rings. The second kappa shape index (κ2) is 9.28. The summed E-state index contributed by atoms with van der Waals surface area (Å²) >= 11 is 0. The molecule has 2 aromatic rings. The second-order valence-electron chi connectivity index (χ2n) is 6.79. The fourth-order valence-corrected chi connectivity index (χ4v) is 4.40. The molecule has 7 nitrogen and oxygen atoms in total. The number of sulfonamides is 1. The number of esters is 1. The number of carbonyl (C=O) groups excluding carboxylic acids is 1. The van der Waals surface area contributed by atoms with Crippen LogP contribution in [0, 0.1) is 0 Å². The van der Waals surface area contributed by atoms with Gasteiger partial charge in [-0.2, -0.15) is 0 Å². The summed E-state index contributed by atoms with van der Waals surface area (Å²) in [5.41, 5.74) is 1.74. The first-order valence-corrected chi connectivity index (χ1v) is 11.3. The monoisotopic (exact) mass is 417 g/mol. The second-order valence-corrected chi connectivity index (χ2v) is 8.47. The van der Waals surface area contributed by atoms with E-state index in [0.717, 1.165) is 38.4 Å². The molecule has 3 rings (SSSR count). The van der Waals surface area contributed by atoms with Gasteiger partial charge in [0.05, 0.1) is 28.4 Å². The van der Waals surface area contributed by atoms with E-state index in [-0.39, 0.29) is 11.5 Å². The van der Waals surface area contributed by atoms with Gasteiger partial charge in [0.2, 0.25) is 0 Å². The van der Waals surface area contributed by atoms with E-state index < -0.39 is 16.0 Å². The summed E-state index contributed by atoms with van der Waals surface area (Å²) in [5, 5.41) is 0. The molecule has 0 bridgehead atoms. The number of carbonyl (C=O) groups is 1. The van der Waals surface area contributed by atoms with E-state index in [0.29, 0.717) is 11.3 Å². The highest BCUT2D eigenvalue weighted by Gasteiger charge is 2.21. The molecule has 1 N–H and O–H groups in total. The average molecular weight is 418 g/mol. The Morgan fingerprint density at radius 2 is 1.66 bits per heavy atom. The zero-order valence-electron chi connectivity index (χ0n) is 16.8. The van der Waals surface area contributed by atoms with Gasteiger partial charge in [0.1, 0.15) is 0 Å². The lowest BCUT2D eigenvalue weighted by Gasteiger charge is -2.36. The fraction of sp³-hybridized carbons (Fsp3) is 0.381. The lowest BCUT2D eigenvalue weighted by molar-refractivity contribution is 0.0526. The Morgan fingerprint density at radius 3 is 2.28 bits per heavy atom. The van der Waals surface area contributed by atoms with Crippen molar-refractivity contribution in [2.24, 2.45) is 0 Å². The molecule has 2 aromatic carbocycles. The van der Waals surface area contributed by atoms with E-state index in [1.807, 2.05) is 18.2 Å². The molecule has 0 aromatic heterocycles. The number of rotatable bonds is 7. The number of likely N-dealkylation sites (N-methyl/N-ethyl adjacent to an activating group) is 1. The molecule has 1 aliphatic heterocycles. The lowest BCUT2D eigenvalue weighted by Crippen LogP contribution is -2.46. The highest BCUT2D eigenvalue weighted by atomic mass is 32.2. The minimum absolute atomic E-state index is 0.0937. The SMILES string of the molecule is CCOC(=O)c1ccc(S(=O)(=O)Nc2ccccc2N2CCN(CC)CC2)cc1. The van der Waals surface area contributed by atoms with Crippen LogP contribution in [-0.2, 0) is 14.8 Å². The Bertz CT molecular complexity index is 937. The van der Waals surface area contributed by atoms with Gasteiger partial charge in [0.25, 0.3) is 10.0 Å². The molecule has 0 radical (unpaired) electrons. The highest BCUT2D eigenvalue weighted by Crippen LogP contribution is 2.29. The van der Waals surface area contributed by atoms with Crippen molar-refractivity contribution in [3.8, 4) is 0 Å². The third-order valence-electron chi connectivity index (χ3n) is 4.98. The van der Waals surface area contributed by atoms with E-state index in [2.05, 4.69) is 21.4 Å². The highest BCUT2D eigenvalue weighted by molar-refractivity contribution is 7.92. The van der Waals surface area contributed by atoms with Gasteiger partial charge in [-0.1, -0.05) is 19.1 Å². The third-order valence-corrected chi connectivity index (χ3v) is 6.37. The maximum Gasteiger partial charge on any atom is 0.338 e. The summed E-state index contributed by atoms with van der Waals surface area (Å²) < 4.78 is 33.4. The van der Waals surface area contributed by atoms with Gasteiger partial charge in [-0.25, -0.2) is 13.2 Å². The Balaban J connectivity index is 1.78. The first-order valence-electron chi connectivity index (χ1n) is 9.81. The normalized spacial score (nSPS) is 15.2. The van der Waals surface area contributed by atoms with Gasteiger partial charge in [0, 0.05) is 26.2 Å². The lowest BCUT2D eigenvalue weighted by atomic mass is 10.2. The van der Waals surface area contributed by atoms with Gasteiger partial charge in [0.15, 0.2) is 0 Å². The van der Waals surface area contributed by atoms with Gasteiger partial charge in [-0.3, -0.25) is 4.72 Å². The first-order chi connectivity index (χ1) is 13.9. The average Bonchev–Trinajstić information content (AvgIpc) is 2.74. The largest absolute Gasteiger partial charge is 0.462 e. The van der Waals surface area contributed by atoms with Crippen LogP contribution in [0.5, 0.6) is 0 Å². The van der Waals surface area contributed by atoms with Crippen molar-refractivity contribution < 1.29 is 17.9 Å². The first kappa shape index (κ1) is 21.1. The van der Waals surface area contributed by atoms with Gasteiger partial charge in [-0.15, -0.1) is 0 Å². The minimum atomic E-state index is -3.78. The third kappa shape index (κ3) is 5.07. The molecule has 1 fully saturated rings. The maximum absolute atomic E-state index is 12.9. The number of ether oxygens (including phenoxy) is 1.